The lowest BCUT2D eigenvalue weighted by atomic mass is 9.82. The van der Waals surface area contributed by atoms with Crippen LogP contribution in [0.4, 0.5) is 0 Å². The first kappa shape index (κ1) is 23.2. The largest absolute Gasteiger partial charge is 0.483 e. The predicted molar refractivity (Wildman–Crippen MR) is 120 cm³/mol. The number of H-pyrrole nitrogens is 1. The number of aromatic amines is 1. The van der Waals surface area contributed by atoms with Gasteiger partial charge in [0.25, 0.3) is 17.9 Å². The second-order valence-corrected chi connectivity index (χ2v) is 9.06. The molecule has 2 fully saturated rings. The summed E-state index contributed by atoms with van der Waals surface area (Å²) in [5.41, 5.74) is 1.98. The highest BCUT2D eigenvalue weighted by molar-refractivity contribution is 5.81. The first-order chi connectivity index (χ1) is 16.0. The minimum atomic E-state index is -0.266. The van der Waals surface area contributed by atoms with Crippen molar-refractivity contribution in [1.29, 1.82) is 0 Å². The average Bonchev–Trinajstić information content (AvgIpc) is 3.50. The van der Waals surface area contributed by atoms with Gasteiger partial charge in [-0.2, -0.15) is 0 Å². The first-order valence-corrected chi connectivity index (χ1v) is 11.4. The molecule has 5 heterocycles. The lowest BCUT2D eigenvalue weighted by molar-refractivity contribution is -0.143. The number of pyridine rings is 1. The van der Waals surface area contributed by atoms with Gasteiger partial charge in [0.2, 0.25) is 0 Å². The van der Waals surface area contributed by atoms with E-state index in [1.807, 2.05) is 28.8 Å². The minimum Gasteiger partial charge on any atom is -0.483 e. The third-order valence-electron chi connectivity index (χ3n) is 6.61. The van der Waals surface area contributed by atoms with Crippen LogP contribution in [0.25, 0.3) is 0 Å². The molecule has 0 unspecified atom stereocenters. The van der Waals surface area contributed by atoms with E-state index in [2.05, 4.69) is 20.9 Å². The Morgan fingerprint density at radius 3 is 2.85 bits per heavy atom. The van der Waals surface area contributed by atoms with E-state index in [0.717, 1.165) is 42.9 Å². The Morgan fingerprint density at radius 1 is 1.33 bits per heavy atom. The molecular weight excluding hydrogens is 426 g/mol. The number of hydrogen-bond donors (Lipinski definition) is 2. The highest BCUT2D eigenvalue weighted by Gasteiger charge is 2.39. The van der Waals surface area contributed by atoms with E-state index in [0.29, 0.717) is 38.7 Å². The van der Waals surface area contributed by atoms with Crippen molar-refractivity contribution in [3.63, 3.8) is 0 Å². The smallest absolute Gasteiger partial charge is 0.290 e. The van der Waals surface area contributed by atoms with Crippen LogP contribution in [0.1, 0.15) is 42.3 Å². The summed E-state index contributed by atoms with van der Waals surface area (Å²) in [7, 11) is 2.00. The molecule has 2 saturated heterocycles. The molecule has 178 valence electrons. The van der Waals surface area contributed by atoms with Crippen LogP contribution in [0.2, 0.25) is 0 Å². The number of amides is 1. The van der Waals surface area contributed by atoms with Gasteiger partial charge in [-0.15, -0.1) is 0 Å². The zero-order valence-corrected chi connectivity index (χ0v) is 18.9. The summed E-state index contributed by atoms with van der Waals surface area (Å²) in [6.45, 7) is 3.79. The molecule has 0 aliphatic carbocycles. The van der Waals surface area contributed by atoms with Crippen molar-refractivity contribution in [2.45, 2.75) is 50.9 Å². The number of aromatic nitrogens is 3. The Hall–Kier alpha value is -2.98. The van der Waals surface area contributed by atoms with Crippen LogP contribution >= 0.6 is 0 Å². The lowest BCUT2D eigenvalue weighted by Crippen LogP contribution is -2.51. The van der Waals surface area contributed by atoms with Crippen LogP contribution in [-0.4, -0.2) is 74.7 Å². The van der Waals surface area contributed by atoms with Crippen LogP contribution in [-0.2, 0) is 34.0 Å². The van der Waals surface area contributed by atoms with Gasteiger partial charge in [-0.3, -0.25) is 19.3 Å². The monoisotopic (exact) mass is 457 g/mol. The molecular formula is C23H31N5O5. The Morgan fingerprint density at radius 2 is 2.15 bits per heavy atom. The Bertz CT molecular complexity index is 1010. The number of carboxylic acid groups (broad SMARTS) is 1. The van der Waals surface area contributed by atoms with Crippen molar-refractivity contribution < 1.29 is 19.4 Å². The fourth-order valence-electron chi connectivity index (χ4n) is 5.25. The molecule has 3 atom stereocenters. The number of rotatable bonds is 5. The van der Waals surface area contributed by atoms with Gasteiger partial charge < -0.3 is 24.3 Å². The van der Waals surface area contributed by atoms with Gasteiger partial charge in [0.05, 0.1) is 6.54 Å². The summed E-state index contributed by atoms with van der Waals surface area (Å²) in [4.78, 5) is 45.8. The summed E-state index contributed by atoms with van der Waals surface area (Å²) in [5, 5.41) is 6.89. The summed E-state index contributed by atoms with van der Waals surface area (Å²) in [6.07, 6.45) is 6.12. The highest BCUT2D eigenvalue weighted by Crippen LogP contribution is 2.36. The number of imidazole rings is 1. The fraction of sp³-hybridized carbons (Fsp3) is 0.565. The molecule has 2 aromatic rings. The molecule has 3 aliphatic heterocycles. The maximum atomic E-state index is 13.2. The zero-order chi connectivity index (χ0) is 23.4. The van der Waals surface area contributed by atoms with Crippen molar-refractivity contribution in [3.05, 3.63) is 52.0 Å². The molecule has 5 rings (SSSR count). The number of nitrogens with zero attached hydrogens (tertiary/aromatic N) is 4. The zero-order valence-electron chi connectivity index (χ0n) is 18.9. The molecule has 2 N–H and O–H groups in total. The van der Waals surface area contributed by atoms with Crippen LogP contribution in [0.3, 0.4) is 0 Å². The normalized spacial score (nSPS) is 23.6. The van der Waals surface area contributed by atoms with Crippen LogP contribution in [0.5, 0.6) is 0 Å². The standard InChI is InChI=1S/C22H29N5O3.CH2O2/c1-25(14-20-23-6-7-24-20)12-16-4-5-18-17-9-15(11-27(18)21(16)28)10-26(13-17)22(29)19-3-2-8-30-19;2-1-3/h4-7,15,17,19H,2-3,8-14H2,1H3,(H,23,24);1H,(H,2,3)/t15-,17+,19+;/m0./s1. The maximum absolute atomic E-state index is 13.2. The third kappa shape index (κ3) is 5.17. The van der Waals surface area contributed by atoms with E-state index < -0.39 is 0 Å². The molecule has 0 radical (unpaired) electrons. The van der Waals surface area contributed by atoms with Crippen LogP contribution in [0.15, 0.2) is 29.3 Å². The molecule has 2 aromatic heterocycles. The molecule has 1 amide bonds. The van der Waals surface area contributed by atoms with E-state index in [9.17, 15) is 9.59 Å². The van der Waals surface area contributed by atoms with Gasteiger partial charge in [0.1, 0.15) is 11.9 Å². The number of fused-ring (bicyclic) bond motifs is 4. The van der Waals surface area contributed by atoms with Crippen molar-refractivity contribution in [2.75, 3.05) is 26.7 Å². The van der Waals surface area contributed by atoms with Gasteiger partial charge in [-0.05, 0) is 38.3 Å². The maximum Gasteiger partial charge on any atom is 0.290 e. The molecule has 10 heteroatoms. The Balaban J connectivity index is 0.000000821. The SMILES string of the molecule is CN(Cc1ncc[nH]1)Cc1ccc2n(c1=O)C[C@H]1C[C@@H]2CN(C(=O)[C@H]2CCCO2)C1.O=CO. The third-order valence-corrected chi connectivity index (χ3v) is 6.61. The quantitative estimate of drug-likeness (QED) is 0.643. The topological polar surface area (TPSA) is 121 Å². The molecule has 0 spiro atoms. The number of carbonyl (C=O) groups is 2. The molecule has 0 saturated carbocycles. The van der Waals surface area contributed by atoms with Gasteiger partial charge in [0.15, 0.2) is 0 Å². The average molecular weight is 458 g/mol. The number of likely N-dealkylation sites (tertiary alicyclic amines) is 1. The molecule has 0 aromatic carbocycles. The van der Waals surface area contributed by atoms with E-state index in [4.69, 9.17) is 14.6 Å². The second-order valence-electron chi connectivity index (χ2n) is 9.06. The summed E-state index contributed by atoms with van der Waals surface area (Å²) in [6, 6.07) is 4.06. The van der Waals surface area contributed by atoms with Crippen molar-refractivity contribution in [3.8, 4) is 0 Å². The molecule has 2 bridgehead atoms. The Labute approximate surface area is 192 Å². The summed E-state index contributed by atoms with van der Waals surface area (Å²) < 4.78 is 7.57. The van der Waals surface area contributed by atoms with Gasteiger partial charge in [0, 0.05) is 62.4 Å². The minimum absolute atomic E-state index is 0.104. The number of carbonyl (C=O) groups excluding carboxylic acids is 1. The van der Waals surface area contributed by atoms with Crippen LogP contribution < -0.4 is 5.56 Å². The number of nitrogens with one attached hydrogen (secondary N) is 1. The molecule has 3 aliphatic rings. The first-order valence-electron chi connectivity index (χ1n) is 11.4. The number of hydrogen-bond acceptors (Lipinski definition) is 6. The molecule has 10 nitrogen and oxygen atoms in total. The Kier molecular flexibility index (Phi) is 7.24. The number of ether oxygens (including phenoxy) is 1. The van der Waals surface area contributed by atoms with Crippen LogP contribution in [0, 0.1) is 5.92 Å². The van der Waals surface area contributed by atoms with Gasteiger partial charge in [-0.25, -0.2) is 4.98 Å². The lowest BCUT2D eigenvalue weighted by Gasteiger charge is -2.43. The van der Waals surface area contributed by atoms with E-state index >= 15 is 0 Å². The van der Waals surface area contributed by atoms with Crippen molar-refractivity contribution in [2.24, 2.45) is 5.92 Å². The van der Waals surface area contributed by atoms with E-state index in [-0.39, 0.29) is 30.0 Å². The number of piperidine rings is 1. The van der Waals surface area contributed by atoms with Crippen molar-refractivity contribution in [1.82, 2.24) is 24.3 Å². The second kappa shape index (κ2) is 10.3. The summed E-state index contributed by atoms with van der Waals surface area (Å²) >= 11 is 0. The van der Waals surface area contributed by atoms with Gasteiger partial charge in [-0.1, -0.05) is 6.07 Å². The van der Waals surface area contributed by atoms with E-state index in [1.54, 1.807) is 6.20 Å². The van der Waals surface area contributed by atoms with Crippen molar-refractivity contribution >= 4 is 12.4 Å². The predicted octanol–water partition coefficient (Wildman–Crippen LogP) is 1.03. The van der Waals surface area contributed by atoms with E-state index in [1.165, 1.54) is 0 Å². The molecule has 33 heavy (non-hydrogen) atoms. The fourth-order valence-corrected chi connectivity index (χ4v) is 5.25. The van der Waals surface area contributed by atoms with Gasteiger partial charge >= 0.3 is 0 Å². The highest BCUT2D eigenvalue weighted by atomic mass is 16.5. The summed E-state index contributed by atoms with van der Waals surface area (Å²) in [5.74, 6) is 1.58.